The summed E-state index contributed by atoms with van der Waals surface area (Å²) in [6, 6.07) is 6.82. The van der Waals surface area contributed by atoms with Crippen LogP contribution < -0.4 is 0 Å². The van der Waals surface area contributed by atoms with E-state index in [0.717, 1.165) is 18.8 Å². The monoisotopic (exact) mass is 310 g/mol. The molecule has 1 aromatic carbocycles. The second kappa shape index (κ2) is 9.83. The quantitative estimate of drug-likeness (QED) is 0.532. The molecule has 0 saturated heterocycles. The van der Waals surface area contributed by atoms with Gasteiger partial charge in [-0.2, -0.15) is 0 Å². The summed E-state index contributed by atoms with van der Waals surface area (Å²) in [7, 11) is 0. The molecule has 3 heteroatoms. The third-order valence-corrected chi connectivity index (χ3v) is 4.16. The summed E-state index contributed by atoms with van der Waals surface area (Å²) in [5.74, 6) is 0.488. The molecular weight excluding hydrogens is 284 g/mol. The summed E-state index contributed by atoms with van der Waals surface area (Å²) in [5.41, 5.74) is 0.560. The first-order valence-electron chi connectivity index (χ1n) is 8.03. The van der Waals surface area contributed by atoms with Crippen LogP contribution in [-0.4, -0.2) is 12.1 Å². The molecule has 0 aliphatic rings. The van der Waals surface area contributed by atoms with Crippen molar-refractivity contribution in [2.75, 3.05) is 0 Å². The van der Waals surface area contributed by atoms with E-state index in [1.54, 1.807) is 24.3 Å². The molecule has 0 aliphatic carbocycles. The van der Waals surface area contributed by atoms with Gasteiger partial charge in [0.05, 0.1) is 11.7 Å². The van der Waals surface area contributed by atoms with Crippen molar-refractivity contribution in [3.8, 4) is 0 Å². The zero-order chi connectivity index (χ0) is 15.7. The Morgan fingerprint density at radius 2 is 1.81 bits per heavy atom. The van der Waals surface area contributed by atoms with E-state index in [2.05, 4.69) is 13.8 Å². The van der Waals surface area contributed by atoms with E-state index in [-0.39, 0.29) is 12.1 Å². The van der Waals surface area contributed by atoms with Crippen molar-refractivity contribution in [1.82, 2.24) is 0 Å². The number of hydrogen-bond donors (Lipinski definition) is 0. The summed E-state index contributed by atoms with van der Waals surface area (Å²) in [4.78, 5) is 12.0. The molecule has 2 nitrogen and oxygen atoms in total. The van der Waals surface area contributed by atoms with Crippen LogP contribution in [0.15, 0.2) is 24.3 Å². The molecule has 0 heterocycles. The molecule has 0 bridgehead atoms. The highest BCUT2D eigenvalue weighted by Gasteiger charge is 2.14. The van der Waals surface area contributed by atoms with E-state index >= 15 is 0 Å². The molecule has 2 unspecified atom stereocenters. The van der Waals surface area contributed by atoms with Crippen LogP contribution in [0, 0.1) is 5.92 Å². The molecule has 118 valence electrons. The number of halogens is 1. The normalized spacial score (nSPS) is 13.7. The number of carbonyl (C=O) groups is 1. The first kappa shape index (κ1) is 18.0. The molecule has 2 atom stereocenters. The van der Waals surface area contributed by atoms with Crippen molar-refractivity contribution < 1.29 is 9.53 Å². The zero-order valence-corrected chi connectivity index (χ0v) is 14.2. The average molecular weight is 311 g/mol. The van der Waals surface area contributed by atoms with Crippen LogP contribution in [0.5, 0.6) is 0 Å². The Bertz CT molecular complexity index is 414. The summed E-state index contributed by atoms with van der Waals surface area (Å²) >= 11 is 5.81. The molecule has 0 fully saturated rings. The third-order valence-electron chi connectivity index (χ3n) is 3.91. The Labute approximate surface area is 133 Å². The van der Waals surface area contributed by atoms with E-state index < -0.39 is 0 Å². The average Bonchev–Trinajstić information content (AvgIpc) is 2.48. The number of ether oxygens (including phenoxy) is 1. The molecule has 1 aromatic rings. The summed E-state index contributed by atoms with van der Waals surface area (Å²) in [6.07, 6.45) is 7.05. The number of unbranched alkanes of at least 4 members (excludes halogenated alkanes) is 1. The maximum absolute atomic E-state index is 12.0. The second-order valence-corrected chi connectivity index (χ2v) is 6.15. The maximum Gasteiger partial charge on any atom is 0.338 e. The van der Waals surface area contributed by atoms with Gasteiger partial charge in [0.1, 0.15) is 0 Å². The van der Waals surface area contributed by atoms with E-state index in [4.69, 9.17) is 16.3 Å². The predicted octanol–water partition coefficient (Wildman–Crippen LogP) is 5.88. The predicted molar refractivity (Wildman–Crippen MR) is 88.9 cm³/mol. The topological polar surface area (TPSA) is 26.3 Å². The van der Waals surface area contributed by atoms with Crippen LogP contribution in [0.2, 0.25) is 5.02 Å². The summed E-state index contributed by atoms with van der Waals surface area (Å²) in [5, 5.41) is 0.626. The van der Waals surface area contributed by atoms with Crippen molar-refractivity contribution in [1.29, 1.82) is 0 Å². The lowest BCUT2D eigenvalue weighted by Crippen LogP contribution is -2.16. The van der Waals surface area contributed by atoms with Crippen LogP contribution in [-0.2, 0) is 4.74 Å². The lowest BCUT2D eigenvalue weighted by molar-refractivity contribution is 0.0310. The molecular formula is C18H27ClO2. The van der Waals surface area contributed by atoms with Crippen molar-refractivity contribution in [3.05, 3.63) is 34.9 Å². The Morgan fingerprint density at radius 1 is 1.14 bits per heavy atom. The van der Waals surface area contributed by atoms with Crippen molar-refractivity contribution in [2.45, 2.75) is 65.4 Å². The highest BCUT2D eigenvalue weighted by atomic mass is 35.5. The molecule has 0 saturated carbocycles. The molecule has 0 aliphatic heterocycles. The Kier molecular flexibility index (Phi) is 8.44. The van der Waals surface area contributed by atoms with E-state index in [1.807, 2.05) is 6.92 Å². The summed E-state index contributed by atoms with van der Waals surface area (Å²) < 4.78 is 5.49. The minimum atomic E-state index is -0.263. The molecule has 0 N–H and O–H groups in total. The van der Waals surface area contributed by atoms with Crippen molar-refractivity contribution in [3.63, 3.8) is 0 Å². The number of hydrogen-bond acceptors (Lipinski definition) is 2. The van der Waals surface area contributed by atoms with Crippen LogP contribution in [0.4, 0.5) is 0 Å². The SMILES string of the molecule is CCCCC(CC)CCC(C)OC(=O)c1ccc(Cl)cc1. The maximum atomic E-state index is 12.0. The third kappa shape index (κ3) is 6.99. The van der Waals surface area contributed by atoms with Gasteiger partial charge in [0.25, 0.3) is 0 Å². The van der Waals surface area contributed by atoms with Gasteiger partial charge in [-0.3, -0.25) is 0 Å². The standard InChI is InChI=1S/C18H27ClO2/c1-4-6-7-15(5-2)9-8-14(3)21-18(20)16-10-12-17(19)13-11-16/h10-15H,4-9H2,1-3H3. The zero-order valence-electron chi connectivity index (χ0n) is 13.4. The Hall–Kier alpha value is -1.02. The lowest BCUT2D eigenvalue weighted by Gasteiger charge is -2.18. The smallest absolute Gasteiger partial charge is 0.338 e. The molecule has 0 radical (unpaired) electrons. The molecule has 0 amide bonds. The minimum Gasteiger partial charge on any atom is -0.459 e. The van der Waals surface area contributed by atoms with Gasteiger partial charge < -0.3 is 4.74 Å². The van der Waals surface area contributed by atoms with E-state index in [0.29, 0.717) is 10.6 Å². The van der Waals surface area contributed by atoms with Crippen LogP contribution >= 0.6 is 11.6 Å². The Balaban J connectivity index is 2.37. The fraction of sp³-hybridized carbons (Fsp3) is 0.611. The van der Waals surface area contributed by atoms with Crippen LogP contribution in [0.25, 0.3) is 0 Å². The molecule has 0 spiro atoms. The molecule has 0 aromatic heterocycles. The second-order valence-electron chi connectivity index (χ2n) is 5.72. The van der Waals surface area contributed by atoms with Gasteiger partial charge in [-0.1, -0.05) is 51.1 Å². The number of carbonyl (C=O) groups excluding carboxylic acids is 1. The van der Waals surface area contributed by atoms with E-state index in [9.17, 15) is 4.79 Å². The molecule has 1 rings (SSSR count). The van der Waals surface area contributed by atoms with Gasteiger partial charge in [0.2, 0.25) is 0 Å². The fourth-order valence-electron chi connectivity index (χ4n) is 2.41. The Morgan fingerprint density at radius 3 is 2.38 bits per heavy atom. The number of benzene rings is 1. The van der Waals surface area contributed by atoms with Crippen LogP contribution in [0.3, 0.4) is 0 Å². The number of esters is 1. The van der Waals surface area contributed by atoms with Gasteiger partial charge in [0, 0.05) is 5.02 Å². The first-order valence-corrected chi connectivity index (χ1v) is 8.41. The summed E-state index contributed by atoms with van der Waals surface area (Å²) in [6.45, 7) is 6.44. The molecule has 21 heavy (non-hydrogen) atoms. The van der Waals surface area contributed by atoms with Gasteiger partial charge >= 0.3 is 5.97 Å². The highest BCUT2D eigenvalue weighted by molar-refractivity contribution is 6.30. The van der Waals surface area contributed by atoms with Gasteiger partial charge in [-0.25, -0.2) is 4.79 Å². The van der Waals surface area contributed by atoms with Crippen LogP contribution in [0.1, 0.15) is 69.7 Å². The van der Waals surface area contributed by atoms with Gasteiger partial charge in [0.15, 0.2) is 0 Å². The largest absolute Gasteiger partial charge is 0.459 e. The van der Waals surface area contributed by atoms with Crippen molar-refractivity contribution >= 4 is 17.6 Å². The first-order chi connectivity index (χ1) is 10.1. The lowest BCUT2D eigenvalue weighted by atomic mass is 9.93. The van der Waals surface area contributed by atoms with Gasteiger partial charge in [-0.15, -0.1) is 0 Å². The fourth-order valence-corrected chi connectivity index (χ4v) is 2.54. The number of rotatable bonds is 9. The van der Waals surface area contributed by atoms with Gasteiger partial charge in [-0.05, 0) is 49.9 Å². The minimum absolute atomic E-state index is 0.0381. The van der Waals surface area contributed by atoms with E-state index in [1.165, 1.54) is 25.7 Å². The van der Waals surface area contributed by atoms with Crippen molar-refractivity contribution in [2.24, 2.45) is 5.92 Å². The highest BCUT2D eigenvalue weighted by Crippen LogP contribution is 2.20.